The van der Waals surface area contributed by atoms with E-state index in [9.17, 15) is 35.1 Å². The number of aliphatic hydroxyl groups is 4. The molecular formula is C53H85NO16P4. The average molecular weight is 1120 g/mol. The minimum absolute atomic E-state index is 0.00129. The van der Waals surface area contributed by atoms with Gasteiger partial charge < -0.3 is 73.9 Å². The maximum Gasteiger partial charge on any atom is 0.311 e. The van der Waals surface area contributed by atoms with Crippen LogP contribution >= 0.6 is 33.1 Å². The molecule has 0 radical (unpaired) electrons. The maximum atomic E-state index is 13.4. The number of aliphatic carboxylic acids is 1. The highest BCUT2D eigenvalue weighted by Gasteiger charge is 2.53. The van der Waals surface area contributed by atoms with E-state index in [2.05, 4.69) is 17.9 Å². The molecule has 4 saturated heterocycles. The number of fused-ring (bicyclic) bond motifs is 6. The van der Waals surface area contributed by atoms with Crippen LogP contribution in [-0.4, -0.2) is 161 Å². The number of cyclic esters (lactones) is 1. The van der Waals surface area contributed by atoms with Crippen molar-refractivity contribution < 1.29 is 77.8 Å². The fourth-order valence-electron chi connectivity index (χ4n) is 9.81. The van der Waals surface area contributed by atoms with Crippen LogP contribution in [-0.2, 0) is 52.2 Å². The maximum absolute atomic E-state index is 13.4. The van der Waals surface area contributed by atoms with Gasteiger partial charge in [0, 0.05) is 57.1 Å². The van der Waals surface area contributed by atoms with E-state index in [4.69, 9.17) is 48.4 Å². The van der Waals surface area contributed by atoms with Crippen molar-refractivity contribution in [1.82, 2.24) is 0 Å². The first-order chi connectivity index (χ1) is 35.1. The summed E-state index contributed by atoms with van der Waals surface area (Å²) in [6.45, 7) is 13.3. The van der Waals surface area contributed by atoms with Gasteiger partial charge in [-0.05, 0) is 61.2 Å². The number of carboxylic acids is 1. The number of ether oxygens (including phenoxy) is 9. The van der Waals surface area contributed by atoms with E-state index in [1.807, 2.05) is 108 Å². The Bertz CT molecular complexity index is 1970. The van der Waals surface area contributed by atoms with Crippen molar-refractivity contribution in [2.75, 3.05) is 20.4 Å². The summed E-state index contributed by atoms with van der Waals surface area (Å²) >= 11 is 0. The Morgan fingerprint density at radius 1 is 0.676 bits per heavy atom. The number of allylic oxidation sites excluding steroid dienone is 12. The van der Waals surface area contributed by atoms with Crippen molar-refractivity contribution in [3.63, 3.8) is 0 Å². The first kappa shape index (κ1) is 63.2. The molecule has 4 fully saturated rings. The lowest BCUT2D eigenvalue weighted by Crippen LogP contribution is -2.59. The Hall–Kier alpha value is -1.68. The second kappa shape index (κ2) is 30.6. The number of carbonyl (C=O) groups excluding carboxylic acids is 1. The third-order valence-corrected chi connectivity index (χ3v) is 17.9. The number of rotatable bonds is 6. The summed E-state index contributed by atoms with van der Waals surface area (Å²) < 4.78 is 56.7. The normalized spacial score (nSPS) is 45.8. The van der Waals surface area contributed by atoms with Crippen LogP contribution in [0.15, 0.2) is 85.1 Å². The third kappa shape index (κ3) is 18.7. The summed E-state index contributed by atoms with van der Waals surface area (Å²) in [4.78, 5) is 26.3. The van der Waals surface area contributed by atoms with Crippen molar-refractivity contribution in [2.24, 2.45) is 29.4 Å². The standard InChI is InChI=1S/C53H85NO16P4/c1-31-21-19-17-15-13-11-9-10-12-14-16-18-20-22-36(65-50-48(59)46(54)32(2)34(4)64-50)26-43-45(49(60)61)41(56)30-53(62-6,70-43)29-39-27-42(69-52(68-39)74(8)72)40(55)24-23-37-25-38(67-51(66-37)73(7)71)28-44(57)63-35(5)33(3)47(31)58/h9-22,31-43,45-48,50-52,55-56,58-59H,23-30,54,71-72H2,1-8H3,(H,60,61)/b10-9+,13-11+,14-12+,17-15+,18-16+,21-19+,22-20+/t31-,32+,33-,34+,35-,36-,37+,38+,39?,40+,41-,42+,43?,45+,46-,47+,48+,50-,51?,52?,53+,73?,74?/m0/s1. The summed E-state index contributed by atoms with van der Waals surface area (Å²) in [6.07, 6.45) is 16.4. The summed E-state index contributed by atoms with van der Waals surface area (Å²) in [5.74, 6) is -5.33. The Kier molecular flexibility index (Phi) is 26.1. The van der Waals surface area contributed by atoms with Gasteiger partial charge in [-0.15, -0.1) is 17.9 Å². The molecule has 0 aromatic carbocycles. The molecule has 74 heavy (non-hydrogen) atoms. The first-order valence-corrected chi connectivity index (χ1v) is 32.8. The predicted molar refractivity (Wildman–Crippen MR) is 293 cm³/mol. The van der Waals surface area contributed by atoms with Crippen molar-refractivity contribution in [2.45, 2.75) is 189 Å². The SMILES string of the molecule is CO[C@]12CC3C[C@@H](OC(P(C)P)O3)[C@H](O)CC[C@@H]3C[C@H](CC(=O)O[C@@H](C)[C@H](C)[C@H](O)[C@@H](C)/C=C/C=C/C=C/C=C/C=C/C=C/C=C/[C@H](O[C@@H]4O[C@H](C)[C@@H](C)[C@H](N)[C@H]4O)CC(O1)[C@H](C(=O)O)[C@@H](O)C2)OC(P(C)P)O3. The van der Waals surface area contributed by atoms with Gasteiger partial charge >= 0.3 is 11.9 Å². The smallest absolute Gasteiger partial charge is 0.311 e. The molecule has 5 rings (SSSR count). The highest BCUT2D eigenvalue weighted by molar-refractivity contribution is 8.13. The number of methoxy groups -OCH3 is 1. The van der Waals surface area contributed by atoms with Crippen molar-refractivity contribution in [3.8, 4) is 0 Å². The van der Waals surface area contributed by atoms with E-state index in [-0.39, 0.29) is 62.1 Å². The fraction of sp³-hybridized carbons (Fsp3) is 0.698. The van der Waals surface area contributed by atoms with Gasteiger partial charge in [-0.3, -0.25) is 9.59 Å². The first-order valence-electron chi connectivity index (χ1n) is 25.8. The van der Waals surface area contributed by atoms with Gasteiger partial charge in [0.05, 0.1) is 67.5 Å². The molecule has 6 bridgehead atoms. The lowest BCUT2D eigenvalue weighted by Gasteiger charge is -2.48. The summed E-state index contributed by atoms with van der Waals surface area (Å²) in [5.41, 5.74) is 6.40. The quantitative estimate of drug-likeness (QED) is 0.114. The van der Waals surface area contributed by atoms with Gasteiger partial charge in [-0.1, -0.05) is 106 Å². The van der Waals surface area contributed by atoms with Crippen LogP contribution in [0.3, 0.4) is 0 Å². The largest absolute Gasteiger partial charge is 0.481 e. The Balaban J connectivity index is 1.43. The van der Waals surface area contributed by atoms with Crippen LogP contribution < -0.4 is 5.73 Å². The zero-order valence-corrected chi connectivity index (χ0v) is 48.2. The monoisotopic (exact) mass is 1120 g/mol. The fourth-order valence-corrected chi connectivity index (χ4v) is 12.1. The molecule has 0 aliphatic carbocycles. The van der Waals surface area contributed by atoms with Gasteiger partial charge in [0.25, 0.3) is 0 Å². The molecular weight excluding hydrogens is 1030 g/mol. The molecule has 0 spiro atoms. The molecule has 5 heterocycles. The molecule has 0 aromatic rings. The zero-order chi connectivity index (χ0) is 54.3. The number of hydrogen-bond acceptors (Lipinski definition) is 16. The highest BCUT2D eigenvalue weighted by atomic mass is 32.0. The van der Waals surface area contributed by atoms with Crippen LogP contribution in [0.25, 0.3) is 0 Å². The van der Waals surface area contributed by atoms with Crippen LogP contribution in [0, 0.1) is 23.7 Å². The van der Waals surface area contributed by atoms with Gasteiger partial charge in [-0.2, -0.15) is 0 Å². The molecule has 0 aromatic heterocycles. The van der Waals surface area contributed by atoms with Gasteiger partial charge in [0.15, 0.2) is 24.1 Å². The van der Waals surface area contributed by atoms with Crippen LogP contribution in [0.4, 0.5) is 0 Å². The molecule has 8 unspecified atom stereocenters. The lowest BCUT2D eigenvalue weighted by molar-refractivity contribution is -0.325. The predicted octanol–water partition coefficient (Wildman–Crippen LogP) is 7.14. The van der Waals surface area contributed by atoms with Gasteiger partial charge in [-0.25, -0.2) is 0 Å². The van der Waals surface area contributed by atoms with E-state index < -0.39 is 124 Å². The molecule has 7 N–H and O–H groups in total. The molecule has 21 heteroatoms. The second-order valence-corrected chi connectivity index (χ2v) is 28.9. The molecule has 5 aliphatic rings. The van der Waals surface area contributed by atoms with E-state index in [1.165, 1.54) is 7.11 Å². The molecule has 418 valence electrons. The number of aliphatic hydroxyl groups excluding tert-OH is 4. The summed E-state index contributed by atoms with van der Waals surface area (Å²) in [6, 6.07) is -1.89. The number of esters is 1. The average Bonchev–Trinajstić information content (AvgIpc) is 3.35. The van der Waals surface area contributed by atoms with E-state index in [0.29, 0.717) is 19.3 Å². The number of hydrogen-bond donors (Lipinski definition) is 6. The lowest BCUT2D eigenvalue weighted by atomic mass is 9.82. The minimum Gasteiger partial charge on any atom is -0.481 e. The number of carbonyl (C=O) groups is 2. The molecule has 0 amide bonds. The van der Waals surface area contributed by atoms with E-state index >= 15 is 0 Å². The third-order valence-electron chi connectivity index (χ3n) is 14.6. The Labute approximate surface area is 445 Å². The molecule has 25 atom stereocenters. The number of carboxylic acid groups (broad SMARTS) is 1. The Morgan fingerprint density at radius 3 is 1.84 bits per heavy atom. The minimum atomic E-state index is -1.53. The van der Waals surface area contributed by atoms with Crippen LogP contribution in [0.2, 0.25) is 0 Å². The number of nitrogens with two attached hydrogens (primary N) is 1. The second-order valence-electron chi connectivity index (χ2n) is 20.5. The summed E-state index contributed by atoms with van der Waals surface area (Å²) in [5, 5.41) is 56.4. The molecule has 0 saturated carbocycles. The van der Waals surface area contributed by atoms with E-state index in [1.54, 1.807) is 25.2 Å². The van der Waals surface area contributed by atoms with E-state index in [0.717, 1.165) is 0 Å². The van der Waals surface area contributed by atoms with Gasteiger partial charge in [0.2, 0.25) is 0 Å². The highest BCUT2D eigenvalue weighted by Crippen LogP contribution is 2.52. The van der Waals surface area contributed by atoms with Crippen LogP contribution in [0.5, 0.6) is 0 Å². The summed E-state index contributed by atoms with van der Waals surface area (Å²) in [7, 11) is 5.22. The zero-order valence-electron chi connectivity index (χ0n) is 44.1. The van der Waals surface area contributed by atoms with Crippen molar-refractivity contribution >= 4 is 45.0 Å². The molecule has 5 aliphatic heterocycles. The van der Waals surface area contributed by atoms with Crippen molar-refractivity contribution in [1.29, 1.82) is 0 Å². The van der Waals surface area contributed by atoms with Crippen molar-refractivity contribution in [3.05, 3.63) is 85.1 Å². The topological polar surface area (TPSA) is 244 Å². The van der Waals surface area contributed by atoms with Gasteiger partial charge in [0.1, 0.15) is 18.1 Å². The Morgan fingerprint density at radius 2 is 1.24 bits per heavy atom. The van der Waals surface area contributed by atoms with Crippen LogP contribution in [0.1, 0.15) is 86.0 Å². The molecule has 17 nitrogen and oxygen atoms in total.